The molecule has 0 aromatic carbocycles. The molecule has 0 aromatic heterocycles. The van der Waals surface area contributed by atoms with Crippen LogP contribution in [0.25, 0.3) is 0 Å². The van der Waals surface area contributed by atoms with Gasteiger partial charge in [-0.2, -0.15) is 13.2 Å². The summed E-state index contributed by atoms with van der Waals surface area (Å²) in [5.41, 5.74) is -1.69. The van der Waals surface area contributed by atoms with Crippen molar-refractivity contribution < 1.29 is 50.0 Å². The molecule has 0 radical (unpaired) electrons. The van der Waals surface area contributed by atoms with E-state index in [1.807, 2.05) is 0 Å². The summed E-state index contributed by atoms with van der Waals surface area (Å²) in [6.07, 6.45) is -11.8. The van der Waals surface area contributed by atoms with Gasteiger partial charge in [0, 0.05) is 18.0 Å². The van der Waals surface area contributed by atoms with Crippen molar-refractivity contribution in [3.8, 4) is 0 Å². The Bertz CT molecular complexity index is 405. The highest BCUT2D eigenvalue weighted by atomic mass is 31.2. The van der Waals surface area contributed by atoms with Crippen LogP contribution in [0.4, 0.5) is 30.7 Å². The molecule has 0 saturated carbocycles. The average molecular weight is 395 g/mol. The third-order valence-electron chi connectivity index (χ3n) is 2.56. The van der Waals surface area contributed by atoms with Crippen molar-refractivity contribution >= 4 is 7.82 Å². The highest BCUT2D eigenvalue weighted by Crippen LogP contribution is 2.35. The zero-order valence-electron chi connectivity index (χ0n) is 13.1. The van der Waals surface area contributed by atoms with Crippen LogP contribution in [0.5, 0.6) is 0 Å². The lowest BCUT2D eigenvalue weighted by atomic mass is 9.89. The zero-order valence-corrected chi connectivity index (χ0v) is 14.0. The number of rotatable bonds is 7. The van der Waals surface area contributed by atoms with E-state index in [1.54, 1.807) is 13.8 Å². The first-order valence-corrected chi connectivity index (χ1v) is 8.13. The number of nitrogens with one attached hydrogen (secondary N) is 1. The second kappa shape index (κ2) is 9.33. The Balaban J connectivity index is 0. The molecule has 24 heavy (non-hydrogen) atoms. The maximum absolute atomic E-state index is 12.8. The molecule has 4 N–H and O–H groups in total. The maximum Gasteiger partial charge on any atom is 0.466 e. The Hall–Kier alpha value is -0.420. The summed E-state index contributed by atoms with van der Waals surface area (Å²) >= 11 is 0. The van der Waals surface area contributed by atoms with Gasteiger partial charge in [-0.15, -0.1) is 0 Å². The topological polar surface area (TPSA) is 89.8 Å². The molecule has 148 valence electrons. The van der Waals surface area contributed by atoms with Crippen LogP contribution in [0.3, 0.4) is 0 Å². The summed E-state index contributed by atoms with van der Waals surface area (Å²) in [5, 5.41) is 2.53. The molecule has 0 heterocycles. The molecule has 0 aromatic rings. The van der Waals surface area contributed by atoms with Crippen LogP contribution >= 0.6 is 7.82 Å². The highest BCUT2D eigenvalue weighted by Gasteiger charge is 2.45. The Morgan fingerprint density at radius 1 is 1.00 bits per heavy atom. The van der Waals surface area contributed by atoms with Crippen molar-refractivity contribution in [2.45, 2.75) is 70.1 Å². The van der Waals surface area contributed by atoms with Gasteiger partial charge in [-0.25, -0.2) is 22.1 Å². The Kier molecular flexibility index (Phi) is 10.0. The number of phosphoric acid groups is 1. The fourth-order valence-electron chi connectivity index (χ4n) is 1.90. The van der Waals surface area contributed by atoms with E-state index < -0.39 is 51.1 Å². The molecule has 0 rings (SSSR count). The first-order valence-electron chi connectivity index (χ1n) is 6.56. The van der Waals surface area contributed by atoms with Crippen molar-refractivity contribution in [2.75, 3.05) is 0 Å². The first kappa shape index (κ1) is 25.8. The third-order valence-corrected chi connectivity index (χ3v) is 2.56. The van der Waals surface area contributed by atoms with Gasteiger partial charge in [0.2, 0.25) is 0 Å². The van der Waals surface area contributed by atoms with Crippen molar-refractivity contribution in [3.63, 3.8) is 0 Å². The molecule has 1 atom stereocenters. The van der Waals surface area contributed by atoms with E-state index >= 15 is 0 Å². The van der Waals surface area contributed by atoms with Gasteiger partial charge in [0.05, 0.1) is 6.42 Å². The van der Waals surface area contributed by atoms with Gasteiger partial charge in [-0.05, 0) is 13.3 Å². The molecule has 0 aliphatic carbocycles. The minimum absolute atomic E-state index is 0.382. The molecule has 0 amide bonds. The third kappa shape index (κ3) is 16.4. The van der Waals surface area contributed by atoms with Crippen molar-refractivity contribution in [2.24, 2.45) is 0 Å². The largest absolute Gasteiger partial charge is 0.466 e. The van der Waals surface area contributed by atoms with E-state index in [1.165, 1.54) is 0 Å². The first-order chi connectivity index (χ1) is 10.3. The molecule has 0 spiro atoms. The molecule has 1 unspecified atom stereocenters. The molecule has 13 heteroatoms. The number of hydrogen-bond donors (Lipinski definition) is 4. The van der Waals surface area contributed by atoms with Gasteiger partial charge in [0.25, 0.3) is 0 Å². The van der Waals surface area contributed by atoms with Gasteiger partial charge in [0.1, 0.15) is 0 Å². The van der Waals surface area contributed by atoms with E-state index in [-0.39, 0.29) is 6.04 Å². The van der Waals surface area contributed by atoms with Gasteiger partial charge < -0.3 is 20.0 Å². The molecular weight excluding hydrogens is 374 g/mol. The standard InChI is InChI=1S/C11H18F7N.H3O4P/c1-7(2)19-9(3,6-11(16,17)18)4-5-10(14,15)8(12)13;1-5(2,3)4/h7-8,19H,4-6H2,1-3H3;(H3,1,2,3,4). The summed E-state index contributed by atoms with van der Waals surface area (Å²) in [7, 11) is -4.64. The van der Waals surface area contributed by atoms with Crippen LogP contribution in [-0.4, -0.2) is 44.8 Å². The number of halogens is 7. The Morgan fingerprint density at radius 3 is 1.62 bits per heavy atom. The van der Waals surface area contributed by atoms with E-state index in [0.29, 0.717) is 0 Å². The second-order valence-corrected chi connectivity index (χ2v) is 6.75. The zero-order chi connectivity index (χ0) is 20.0. The minimum atomic E-state index is -4.64. The van der Waals surface area contributed by atoms with Crippen molar-refractivity contribution in [1.29, 1.82) is 0 Å². The van der Waals surface area contributed by atoms with Crippen LogP contribution in [0.1, 0.15) is 40.0 Å². The summed E-state index contributed by atoms with van der Waals surface area (Å²) in [6, 6.07) is -0.382. The summed E-state index contributed by atoms with van der Waals surface area (Å²) in [6.45, 7) is 4.22. The molecule has 0 fully saturated rings. The van der Waals surface area contributed by atoms with Crippen LogP contribution in [0.15, 0.2) is 0 Å². The maximum atomic E-state index is 12.8. The summed E-state index contributed by atoms with van der Waals surface area (Å²) in [5.74, 6) is -4.27. The van der Waals surface area contributed by atoms with Crippen LogP contribution in [0.2, 0.25) is 0 Å². The quantitative estimate of drug-likeness (QED) is 0.392. The summed E-state index contributed by atoms with van der Waals surface area (Å²) < 4.78 is 95.7. The Morgan fingerprint density at radius 2 is 1.38 bits per heavy atom. The van der Waals surface area contributed by atoms with Crippen molar-refractivity contribution in [1.82, 2.24) is 5.32 Å². The SMILES string of the molecule is CC(C)NC(C)(CCC(F)(F)C(F)F)CC(F)(F)F.O=P(O)(O)O. The lowest BCUT2D eigenvalue weighted by Crippen LogP contribution is -2.50. The van der Waals surface area contributed by atoms with E-state index in [9.17, 15) is 30.7 Å². The summed E-state index contributed by atoms with van der Waals surface area (Å²) in [4.78, 5) is 21.6. The fourth-order valence-corrected chi connectivity index (χ4v) is 1.90. The monoisotopic (exact) mass is 395 g/mol. The molecule has 0 aliphatic heterocycles. The fraction of sp³-hybridized carbons (Fsp3) is 1.00. The van der Waals surface area contributed by atoms with Crippen LogP contribution < -0.4 is 5.32 Å². The Labute approximate surface area is 134 Å². The van der Waals surface area contributed by atoms with Crippen LogP contribution in [0, 0.1) is 0 Å². The highest BCUT2D eigenvalue weighted by molar-refractivity contribution is 7.45. The normalized spacial score (nSPS) is 16.0. The number of alkyl halides is 7. The smallest absolute Gasteiger partial charge is 0.309 e. The van der Waals surface area contributed by atoms with Gasteiger partial charge in [-0.1, -0.05) is 13.8 Å². The van der Waals surface area contributed by atoms with E-state index in [2.05, 4.69) is 5.32 Å². The van der Waals surface area contributed by atoms with Crippen LogP contribution in [-0.2, 0) is 4.57 Å². The predicted molar refractivity (Wildman–Crippen MR) is 71.8 cm³/mol. The minimum Gasteiger partial charge on any atom is -0.309 e. The van der Waals surface area contributed by atoms with Crippen molar-refractivity contribution in [3.05, 3.63) is 0 Å². The molecular formula is C11H21F7NO4P. The number of hydrogen-bond acceptors (Lipinski definition) is 2. The molecule has 0 aliphatic rings. The average Bonchev–Trinajstić information content (AvgIpc) is 2.20. The molecule has 0 saturated heterocycles. The van der Waals surface area contributed by atoms with Gasteiger partial charge in [0.15, 0.2) is 0 Å². The lowest BCUT2D eigenvalue weighted by Gasteiger charge is -2.35. The van der Waals surface area contributed by atoms with Gasteiger partial charge >= 0.3 is 26.3 Å². The van der Waals surface area contributed by atoms with E-state index in [4.69, 9.17) is 19.2 Å². The predicted octanol–water partition coefficient (Wildman–Crippen LogP) is 3.45. The van der Waals surface area contributed by atoms with E-state index in [0.717, 1.165) is 6.92 Å². The lowest BCUT2D eigenvalue weighted by molar-refractivity contribution is -0.159. The second-order valence-electron chi connectivity index (χ2n) is 5.73. The molecule has 5 nitrogen and oxygen atoms in total. The molecule has 0 bridgehead atoms. The van der Waals surface area contributed by atoms with Gasteiger partial charge in [-0.3, -0.25) is 0 Å².